The number of carbonyl (C=O) groups excluding carboxylic acids is 2. The van der Waals surface area contributed by atoms with Gasteiger partial charge in [0.15, 0.2) is 0 Å². The van der Waals surface area contributed by atoms with Crippen molar-refractivity contribution < 1.29 is 9.59 Å². The summed E-state index contributed by atoms with van der Waals surface area (Å²) in [5.41, 5.74) is 0.476. The molecular weight excluding hydrogens is 218 g/mol. The SMILES string of the molecule is O=C(NC1CCCCNC1=O)c1cccnc1. The Morgan fingerprint density at radius 1 is 1.47 bits per heavy atom. The smallest absolute Gasteiger partial charge is 0.253 e. The van der Waals surface area contributed by atoms with Crippen LogP contribution < -0.4 is 10.6 Å². The molecule has 90 valence electrons. The first kappa shape index (κ1) is 11.6. The van der Waals surface area contributed by atoms with Gasteiger partial charge >= 0.3 is 0 Å². The van der Waals surface area contributed by atoms with Gasteiger partial charge in [0.1, 0.15) is 6.04 Å². The summed E-state index contributed by atoms with van der Waals surface area (Å²) in [6.07, 6.45) is 5.69. The molecule has 0 radical (unpaired) electrons. The molecule has 1 aromatic rings. The molecule has 0 saturated carbocycles. The highest BCUT2D eigenvalue weighted by Crippen LogP contribution is 2.06. The van der Waals surface area contributed by atoms with Crippen LogP contribution in [-0.4, -0.2) is 29.4 Å². The fraction of sp³-hybridized carbons (Fsp3) is 0.417. The van der Waals surface area contributed by atoms with Crippen LogP contribution in [0.3, 0.4) is 0 Å². The second-order valence-corrected chi connectivity index (χ2v) is 4.05. The summed E-state index contributed by atoms with van der Waals surface area (Å²) in [5.74, 6) is -0.347. The summed E-state index contributed by atoms with van der Waals surface area (Å²) >= 11 is 0. The van der Waals surface area contributed by atoms with Crippen LogP contribution in [0.5, 0.6) is 0 Å². The van der Waals surface area contributed by atoms with Crippen molar-refractivity contribution in [3.05, 3.63) is 30.1 Å². The van der Waals surface area contributed by atoms with E-state index in [0.717, 1.165) is 12.8 Å². The van der Waals surface area contributed by atoms with E-state index >= 15 is 0 Å². The summed E-state index contributed by atoms with van der Waals surface area (Å²) in [6, 6.07) is 2.95. The number of hydrogen-bond donors (Lipinski definition) is 2. The summed E-state index contributed by atoms with van der Waals surface area (Å²) in [5, 5.41) is 5.52. The molecule has 0 bridgehead atoms. The van der Waals surface area contributed by atoms with Gasteiger partial charge in [-0.15, -0.1) is 0 Å². The first-order valence-corrected chi connectivity index (χ1v) is 5.76. The molecule has 0 spiro atoms. The Morgan fingerprint density at radius 2 is 2.35 bits per heavy atom. The number of nitrogens with one attached hydrogen (secondary N) is 2. The molecule has 17 heavy (non-hydrogen) atoms. The summed E-state index contributed by atoms with van der Waals surface area (Å²) in [6.45, 7) is 0.693. The zero-order valence-corrected chi connectivity index (χ0v) is 9.48. The van der Waals surface area contributed by atoms with Crippen molar-refractivity contribution in [3.8, 4) is 0 Å². The highest BCUT2D eigenvalue weighted by Gasteiger charge is 2.22. The molecule has 1 aliphatic heterocycles. The van der Waals surface area contributed by atoms with Crippen LogP contribution in [0.4, 0.5) is 0 Å². The molecule has 1 atom stereocenters. The minimum atomic E-state index is -0.426. The Bertz CT molecular complexity index is 405. The Balaban J connectivity index is 2.00. The van der Waals surface area contributed by atoms with E-state index in [4.69, 9.17) is 0 Å². The Labute approximate surface area is 99.6 Å². The number of hydrogen-bond acceptors (Lipinski definition) is 3. The zero-order valence-electron chi connectivity index (χ0n) is 9.48. The maximum atomic E-state index is 11.8. The lowest BCUT2D eigenvalue weighted by Crippen LogP contribution is -2.45. The topological polar surface area (TPSA) is 71.1 Å². The van der Waals surface area contributed by atoms with E-state index in [1.165, 1.54) is 6.20 Å². The molecule has 0 aromatic carbocycles. The Kier molecular flexibility index (Phi) is 3.69. The Hall–Kier alpha value is -1.91. The van der Waals surface area contributed by atoms with Gasteiger partial charge in [-0.1, -0.05) is 0 Å². The van der Waals surface area contributed by atoms with Crippen LogP contribution in [0.15, 0.2) is 24.5 Å². The molecule has 1 aromatic heterocycles. The van der Waals surface area contributed by atoms with Gasteiger partial charge in [-0.25, -0.2) is 0 Å². The van der Waals surface area contributed by atoms with Crippen LogP contribution in [0.25, 0.3) is 0 Å². The van der Waals surface area contributed by atoms with E-state index in [1.807, 2.05) is 0 Å². The highest BCUT2D eigenvalue weighted by molar-refractivity contribution is 5.97. The molecule has 2 heterocycles. The van der Waals surface area contributed by atoms with Crippen molar-refractivity contribution in [1.82, 2.24) is 15.6 Å². The van der Waals surface area contributed by atoms with Crippen LogP contribution in [0, 0.1) is 0 Å². The number of pyridine rings is 1. The van der Waals surface area contributed by atoms with Crippen LogP contribution >= 0.6 is 0 Å². The van der Waals surface area contributed by atoms with Gasteiger partial charge in [-0.05, 0) is 31.4 Å². The van der Waals surface area contributed by atoms with Gasteiger partial charge in [-0.3, -0.25) is 14.6 Å². The van der Waals surface area contributed by atoms with Gasteiger partial charge in [0, 0.05) is 18.9 Å². The third kappa shape index (κ3) is 3.03. The van der Waals surface area contributed by atoms with Crippen molar-refractivity contribution in [2.24, 2.45) is 0 Å². The first-order chi connectivity index (χ1) is 8.27. The van der Waals surface area contributed by atoms with Gasteiger partial charge in [0.05, 0.1) is 5.56 Å². The van der Waals surface area contributed by atoms with E-state index in [0.29, 0.717) is 18.5 Å². The standard InChI is InChI=1S/C12H15N3O2/c16-11(9-4-3-6-13-8-9)15-10-5-1-2-7-14-12(10)17/h3-4,6,8,10H,1-2,5,7H2,(H,14,17)(H,15,16). The predicted octanol–water partition coefficient (Wildman–Crippen LogP) is 0.480. The number of rotatable bonds is 2. The minimum Gasteiger partial charge on any atom is -0.354 e. The van der Waals surface area contributed by atoms with Crippen molar-refractivity contribution >= 4 is 11.8 Å². The number of carbonyl (C=O) groups is 2. The maximum Gasteiger partial charge on any atom is 0.253 e. The molecule has 1 fully saturated rings. The van der Waals surface area contributed by atoms with E-state index < -0.39 is 6.04 Å². The second kappa shape index (κ2) is 5.43. The molecular formula is C12H15N3O2. The number of aromatic nitrogens is 1. The lowest BCUT2D eigenvalue weighted by molar-refractivity contribution is -0.122. The summed E-state index contributed by atoms with van der Waals surface area (Å²) in [4.78, 5) is 27.4. The molecule has 1 saturated heterocycles. The number of amides is 2. The van der Waals surface area contributed by atoms with E-state index in [2.05, 4.69) is 15.6 Å². The average Bonchev–Trinajstić information content (AvgIpc) is 2.56. The van der Waals surface area contributed by atoms with E-state index in [1.54, 1.807) is 18.3 Å². The summed E-state index contributed by atoms with van der Waals surface area (Å²) < 4.78 is 0. The molecule has 2 N–H and O–H groups in total. The van der Waals surface area contributed by atoms with Crippen molar-refractivity contribution in [3.63, 3.8) is 0 Å². The lowest BCUT2D eigenvalue weighted by Gasteiger charge is -2.14. The summed E-state index contributed by atoms with van der Waals surface area (Å²) in [7, 11) is 0. The maximum absolute atomic E-state index is 11.8. The third-order valence-electron chi connectivity index (χ3n) is 2.76. The van der Waals surface area contributed by atoms with Crippen molar-refractivity contribution in [2.45, 2.75) is 25.3 Å². The third-order valence-corrected chi connectivity index (χ3v) is 2.76. The Morgan fingerprint density at radius 3 is 3.12 bits per heavy atom. The number of nitrogens with zero attached hydrogens (tertiary/aromatic N) is 1. The molecule has 5 heteroatoms. The molecule has 2 amide bonds. The first-order valence-electron chi connectivity index (χ1n) is 5.76. The fourth-order valence-electron chi connectivity index (χ4n) is 1.82. The average molecular weight is 233 g/mol. The van der Waals surface area contributed by atoms with Gasteiger partial charge in [0.25, 0.3) is 5.91 Å². The van der Waals surface area contributed by atoms with Gasteiger partial charge in [-0.2, -0.15) is 0 Å². The van der Waals surface area contributed by atoms with E-state index in [9.17, 15) is 9.59 Å². The monoisotopic (exact) mass is 233 g/mol. The zero-order chi connectivity index (χ0) is 12.1. The van der Waals surface area contributed by atoms with Crippen LogP contribution in [0.2, 0.25) is 0 Å². The molecule has 1 unspecified atom stereocenters. The van der Waals surface area contributed by atoms with Gasteiger partial charge < -0.3 is 10.6 Å². The van der Waals surface area contributed by atoms with Crippen molar-refractivity contribution in [2.75, 3.05) is 6.54 Å². The van der Waals surface area contributed by atoms with Crippen LogP contribution in [-0.2, 0) is 4.79 Å². The highest BCUT2D eigenvalue weighted by atomic mass is 16.2. The van der Waals surface area contributed by atoms with Crippen molar-refractivity contribution in [1.29, 1.82) is 0 Å². The quantitative estimate of drug-likeness (QED) is 0.780. The van der Waals surface area contributed by atoms with E-state index in [-0.39, 0.29) is 11.8 Å². The molecule has 5 nitrogen and oxygen atoms in total. The molecule has 1 aliphatic rings. The van der Waals surface area contributed by atoms with Gasteiger partial charge in [0.2, 0.25) is 5.91 Å². The largest absolute Gasteiger partial charge is 0.354 e. The molecule has 2 rings (SSSR count). The predicted molar refractivity (Wildman–Crippen MR) is 62.4 cm³/mol. The lowest BCUT2D eigenvalue weighted by atomic mass is 10.1. The molecule has 0 aliphatic carbocycles. The normalized spacial score (nSPS) is 20.2. The minimum absolute atomic E-state index is 0.0975. The van der Waals surface area contributed by atoms with Crippen LogP contribution in [0.1, 0.15) is 29.6 Å². The second-order valence-electron chi connectivity index (χ2n) is 4.05. The fourth-order valence-corrected chi connectivity index (χ4v) is 1.82.